The van der Waals surface area contributed by atoms with E-state index in [-0.39, 0.29) is 6.61 Å². The number of rotatable bonds is 4. The van der Waals surface area contributed by atoms with E-state index in [1.165, 1.54) is 0 Å². The summed E-state index contributed by atoms with van der Waals surface area (Å²) in [5.74, 6) is -0.954. The van der Waals surface area contributed by atoms with Crippen molar-refractivity contribution in [2.45, 2.75) is 18.4 Å². The molecular formula is C12H15BrN2O3. The fraction of sp³-hybridized carbons (Fsp3) is 0.500. The molecule has 1 aromatic rings. The van der Waals surface area contributed by atoms with E-state index in [0.717, 1.165) is 29.6 Å². The van der Waals surface area contributed by atoms with Crippen molar-refractivity contribution in [2.24, 2.45) is 0 Å². The molecule has 0 radical (unpaired) electrons. The summed E-state index contributed by atoms with van der Waals surface area (Å²) in [6.45, 7) is 1.25. The standard InChI is InChI=1S/C12H15BrN2O3/c13-10-3-2-9(6-15-10)12(18-7-11(16)17)4-1-5-14-8-12/h2-3,6,14H,1,4-5,7-8H2,(H,16,17). The van der Waals surface area contributed by atoms with Gasteiger partial charge in [0.05, 0.1) is 0 Å². The summed E-state index contributed by atoms with van der Waals surface area (Å²) >= 11 is 3.29. The van der Waals surface area contributed by atoms with E-state index in [9.17, 15) is 4.79 Å². The molecule has 1 aliphatic heterocycles. The number of carboxylic acid groups (broad SMARTS) is 1. The zero-order valence-corrected chi connectivity index (χ0v) is 11.4. The predicted molar refractivity (Wildman–Crippen MR) is 69.3 cm³/mol. The number of carbonyl (C=O) groups is 1. The molecular weight excluding hydrogens is 300 g/mol. The summed E-state index contributed by atoms with van der Waals surface area (Å²) in [4.78, 5) is 14.9. The summed E-state index contributed by atoms with van der Waals surface area (Å²) in [5, 5.41) is 12.0. The minimum absolute atomic E-state index is 0.294. The van der Waals surface area contributed by atoms with Crippen LogP contribution in [0.1, 0.15) is 18.4 Å². The Kier molecular flexibility index (Phi) is 4.31. The van der Waals surface area contributed by atoms with Gasteiger partial charge in [0.25, 0.3) is 0 Å². The molecule has 1 fully saturated rings. The minimum Gasteiger partial charge on any atom is -0.480 e. The Morgan fingerprint density at radius 1 is 1.61 bits per heavy atom. The molecule has 18 heavy (non-hydrogen) atoms. The first-order valence-electron chi connectivity index (χ1n) is 5.81. The first-order chi connectivity index (χ1) is 8.62. The highest BCUT2D eigenvalue weighted by molar-refractivity contribution is 9.10. The molecule has 2 N–H and O–H groups in total. The Bertz CT molecular complexity index is 416. The van der Waals surface area contributed by atoms with Crippen LogP contribution in [0.4, 0.5) is 0 Å². The quantitative estimate of drug-likeness (QED) is 0.825. The van der Waals surface area contributed by atoms with Crippen LogP contribution < -0.4 is 5.32 Å². The molecule has 0 bridgehead atoms. The first kappa shape index (κ1) is 13.5. The summed E-state index contributed by atoms with van der Waals surface area (Å²) in [7, 11) is 0. The van der Waals surface area contributed by atoms with Gasteiger partial charge in [-0.25, -0.2) is 9.78 Å². The van der Waals surface area contributed by atoms with Crippen LogP contribution in [-0.4, -0.2) is 35.8 Å². The smallest absolute Gasteiger partial charge is 0.329 e. The first-order valence-corrected chi connectivity index (χ1v) is 6.60. The third kappa shape index (κ3) is 3.07. The molecule has 0 aliphatic carbocycles. The van der Waals surface area contributed by atoms with Gasteiger partial charge >= 0.3 is 5.97 Å². The lowest BCUT2D eigenvalue weighted by molar-refractivity contribution is -0.152. The number of piperidine rings is 1. The van der Waals surface area contributed by atoms with E-state index in [2.05, 4.69) is 26.2 Å². The van der Waals surface area contributed by atoms with Crippen molar-refractivity contribution < 1.29 is 14.6 Å². The van der Waals surface area contributed by atoms with Gasteiger partial charge in [0.1, 0.15) is 16.8 Å². The highest BCUT2D eigenvalue weighted by Crippen LogP contribution is 2.32. The maximum Gasteiger partial charge on any atom is 0.329 e. The Morgan fingerprint density at radius 3 is 3.00 bits per heavy atom. The van der Waals surface area contributed by atoms with Crippen molar-refractivity contribution >= 4 is 21.9 Å². The van der Waals surface area contributed by atoms with E-state index in [1.54, 1.807) is 6.20 Å². The molecule has 5 nitrogen and oxygen atoms in total. The van der Waals surface area contributed by atoms with Gasteiger partial charge in [-0.2, -0.15) is 0 Å². The van der Waals surface area contributed by atoms with Crippen molar-refractivity contribution in [3.05, 3.63) is 28.5 Å². The number of hydrogen-bond acceptors (Lipinski definition) is 4. The molecule has 0 amide bonds. The molecule has 98 valence electrons. The molecule has 2 heterocycles. The van der Waals surface area contributed by atoms with E-state index in [0.29, 0.717) is 6.54 Å². The highest BCUT2D eigenvalue weighted by atomic mass is 79.9. The van der Waals surface area contributed by atoms with E-state index >= 15 is 0 Å². The van der Waals surface area contributed by atoms with E-state index in [4.69, 9.17) is 9.84 Å². The topological polar surface area (TPSA) is 71.5 Å². The van der Waals surface area contributed by atoms with Crippen molar-refractivity contribution in [2.75, 3.05) is 19.7 Å². The third-order valence-electron chi connectivity index (χ3n) is 3.07. The number of aliphatic carboxylic acids is 1. The Balaban J connectivity index is 2.22. The minimum atomic E-state index is -0.954. The van der Waals surface area contributed by atoms with Crippen LogP contribution in [-0.2, 0) is 15.1 Å². The average molecular weight is 315 g/mol. The lowest BCUT2D eigenvalue weighted by Crippen LogP contribution is -2.46. The molecule has 1 atom stereocenters. The molecule has 1 saturated heterocycles. The molecule has 1 aromatic heterocycles. The van der Waals surface area contributed by atoms with Crippen LogP contribution in [0.25, 0.3) is 0 Å². The maximum atomic E-state index is 10.7. The van der Waals surface area contributed by atoms with Gasteiger partial charge in [0.2, 0.25) is 0 Å². The SMILES string of the molecule is O=C(O)COC1(c2ccc(Br)nc2)CCCNC1. The number of ether oxygens (including phenoxy) is 1. The molecule has 6 heteroatoms. The van der Waals surface area contributed by atoms with Gasteiger partial charge in [0.15, 0.2) is 0 Å². The van der Waals surface area contributed by atoms with Crippen molar-refractivity contribution in [3.63, 3.8) is 0 Å². The summed E-state index contributed by atoms with van der Waals surface area (Å²) in [6, 6.07) is 3.77. The third-order valence-corrected chi connectivity index (χ3v) is 3.54. The van der Waals surface area contributed by atoms with Gasteiger partial charge in [-0.05, 0) is 41.4 Å². The largest absolute Gasteiger partial charge is 0.480 e. The van der Waals surface area contributed by atoms with Crippen LogP contribution in [0.2, 0.25) is 0 Å². The van der Waals surface area contributed by atoms with Gasteiger partial charge in [-0.1, -0.05) is 6.07 Å². The number of nitrogens with zero attached hydrogens (tertiary/aromatic N) is 1. The predicted octanol–water partition coefficient (Wildman–Crippen LogP) is 1.52. The van der Waals surface area contributed by atoms with Crippen LogP contribution in [0, 0.1) is 0 Å². The van der Waals surface area contributed by atoms with Crippen LogP contribution >= 0.6 is 15.9 Å². The second-order valence-corrected chi connectivity index (χ2v) is 5.14. The van der Waals surface area contributed by atoms with Crippen molar-refractivity contribution in [1.29, 1.82) is 0 Å². The summed E-state index contributed by atoms with van der Waals surface area (Å²) < 4.78 is 6.39. The van der Waals surface area contributed by atoms with Crippen LogP contribution in [0.15, 0.2) is 22.9 Å². The van der Waals surface area contributed by atoms with Crippen LogP contribution in [0.3, 0.4) is 0 Å². The van der Waals surface area contributed by atoms with Crippen molar-refractivity contribution in [1.82, 2.24) is 10.3 Å². The summed E-state index contributed by atoms with van der Waals surface area (Å²) in [6.07, 6.45) is 3.49. The number of hydrogen-bond donors (Lipinski definition) is 2. The zero-order chi connectivity index (χ0) is 13.0. The monoisotopic (exact) mass is 314 g/mol. The Hall–Kier alpha value is -0.980. The summed E-state index contributed by atoms with van der Waals surface area (Å²) in [5.41, 5.74) is 0.337. The van der Waals surface area contributed by atoms with Gasteiger partial charge in [-0.15, -0.1) is 0 Å². The van der Waals surface area contributed by atoms with Gasteiger partial charge in [-0.3, -0.25) is 0 Å². The second kappa shape index (κ2) is 5.77. The highest BCUT2D eigenvalue weighted by Gasteiger charge is 2.35. The lowest BCUT2D eigenvalue weighted by atomic mass is 9.87. The molecule has 1 unspecified atom stereocenters. The molecule has 0 aromatic carbocycles. The second-order valence-electron chi connectivity index (χ2n) is 4.33. The van der Waals surface area contributed by atoms with Gasteiger partial charge < -0.3 is 15.2 Å². The number of halogens is 1. The van der Waals surface area contributed by atoms with Gasteiger partial charge in [0, 0.05) is 18.3 Å². The fourth-order valence-electron chi connectivity index (χ4n) is 2.18. The maximum absolute atomic E-state index is 10.7. The molecule has 0 spiro atoms. The van der Waals surface area contributed by atoms with E-state index in [1.807, 2.05) is 12.1 Å². The number of pyridine rings is 1. The molecule has 1 aliphatic rings. The molecule has 0 saturated carbocycles. The number of carboxylic acids is 1. The average Bonchev–Trinajstić information content (AvgIpc) is 2.38. The van der Waals surface area contributed by atoms with Crippen molar-refractivity contribution in [3.8, 4) is 0 Å². The number of nitrogens with one attached hydrogen (secondary N) is 1. The fourth-order valence-corrected chi connectivity index (χ4v) is 2.41. The number of aromatic nitrogens is 1. The zero-order valence-electron chi connectivity index (χ0n) is 9.86. The normalized spacial score (nSPS) is 23.8. The van der Waals surface area contributed by atoms with Crippen LogP contribution in [0.5, 0.6) is 0 Å². The Labute approximate surface area is 114 Å². The lowest BCUT2D eigenvalue weighted by Gasteiger charge is -2.37. The molecule has 2 rings (SSSR count). The Morgan fingerprint density at radius 2 is 2.44 bits per heavy atom. The van der Waals surface area contributed by atoms with E-state index < -0.39 is 11.6 Å².